The van der Waals surface area contributed by atoms with E-state index in [9.17, 15) is 15.1 Å². The molecule has 31 heavy (non-hydrogen) atoms. The molecule has 2 aromatic rings. The van der Waals surface area contributed by atoms with Gasteiger partial charge in [-0.05, 0) is 49.1 Å². The number of halogens is 1. The van der Waals surface area contributed by atoms with Gasteiger partial charge in [-0.25, -0.2) is 4.79 Å². The summed E-state index contributed by atoms with van der Waals surface area (Å²) < 4.78 is 5.62. The van der Waals surface area contributed by atoms with Gasteiger partial charge in [0, 0.05) is 24.7 Å². The second kappa shape index (κ2) is 9.92. The number of benzene rings is 2. The molecule has 0 unspecified atom stereocenters. The maximum absolute atomic E-state index is 11.0. The van der Waals surface area contributed by atoms with Crippen LogP contribution in [0.1, 0.15) is 56.1 Å². The van der Waals surface area contributed by atoms with E-state index in [2.05, 4.69) is 44.7 Å². The molecule has 3 N–H and O–H groups in total. The Morgan fingerprint density at radius 2 is 1.81 bits per heavy atom. The van der Waals surface area contributed by atoms with Crippen LogP contribution >= 0.6 is 11.6 Å². The molecule has 0 spiro atoms. The first kappa shape index (κ1) is 24.3. The van der Waals surface area contributed by atoms with E-state index in [0.29, 0.717) is 10.6 Å². The van der Waals surface area contributed by atoms with Crippen molar-refractivity contribution in [3.05, 3.63) is 52.0 Å². The summed E-state index contributed by atoms with van der Waals surface area (Å²) in [5, 5.41) is 32.4. The van der Waals surface area contributed by atoms with Gasteiger partial charge in [0.15, 0.2) is 0 Å². The van der Waals surface area contributed by atoms with Gasteiger partial charge < -0.3 is 25.1 Å². The highest BCUT2D eigenvalue weighted by atomic mass is 35.5. The lowest BCUT2D eigenvalue weighted by Gasteiger charge is -2.31. The predicted octanol–water partition coefficient (Wildman–Crippen LogP) is 5.14. The number of hydrogen-bond acceptors (Lipinski definition) is 6. The van der Waals surface area contributed by atoms with Gasteiger partial charge >= 0.3 is 5.97 Å². The predicted molar refractivity (Wildman–Crippen MR) is 123 cm³/mol. The third kappa shape index (κ3) is 5.61. The summed E-state index contributed by atoms with van der Waals surface area (Å²) in [7, 11) is 0. The summed E-state index contributed by atoms with van der Waals surface area (Å²) in [5.41, 5.74) is 2.40. The Balaban J connectivity index is 2.38. The minimum Gasteiger partial charge on any atom is -0.507 e. The van der Waals surface area contributed by atoms with Crippen molar-refractivity contribution in [2.75, 3.05) is 24.6 Å². The summed E-state index contributed by atoms with van der Waals surface area (Å²) in [6.45, 7) is 11.9. The molecule has 0 aromatic heterocycles. The second-order valence-corrected chi connectivity index (χ2v) is 8.50. The van der Waals surface area contributed by atoms with Gasteiger partial charge in [0.2, 0.25) is 0 Å². The molecule has 0 aliphatic carbocycles. The quantitative estimate of drug-likeness (QED) is 0.293. The minimum atomic E-state index is -1.24. The van der Waals surface area contributed by atoms with Crippen LogP contribution in [0.15, 0.2) is 35.5 Å². The third-order valence-electron chi connectivity index (χ3n) is 4.98. The number of aromatic hydroxyl groups is 1. The fourth-order valence-corrected chi connectivity index (χ4v) is 3.64. The first-order valence-corrected chi connectivity index (χ1v) is 10.4. The topological polar surface area (TPSA) is 103 Å². The molecule has 168 valence electrons. The van der Waals surface area contributed by atoms with E-state index in [4.69, 9.17) is 21.4 Å². The van der Waals surface area contributed by atoms with Gasteiger partial charge in [-0.15, -0.1) is 0 Å². The maximum atomic E-state index is 11.0. The molecule has 0 saturated heterocycles. The number of aromatic carboxylic acids is 1. The van der Waals surface area contributed by atoms with Crippen LogP contribution in [-0.4, -0.2) is 46.8 Å². The lowest BCUT2D eigenvalue weighted by atomic mass is 9.84. The van der Waals surface area contributed by atoms with Crippen LogP contribution in [0.4, 0.5) is 5.69 Å². The monoisotopic (exact) mass is 448 g/mol. The largest absolute Gasteiger partial charge is 0.507 e. The molecule has 0 heterocycles. The number of carbonyl (C=O) groups is 1. The summed E-state index contributed by atoms with van der Waals surface area (Å²) in [6.07, 6.45) is 0. The number of ether oxygens (including phenoxy) is 1. The van der Waals surface area contributed by atoms with E-state index in [-0.39, 0.29) is 29.0 Å². The van der Waals surface area contributed by atoms with Crippen molar-refractivity contribution in [2.45, 2.75) is 40.0 Å². The van der Waals surface area contributed by atoms with E-state index in [0.717, 1.165) is 24.3 Å². The van der Waals surface area contributed by atoms with E-state index < -0.39 is 11.7 Å². The number of hydrogen-bond donors (Lipinski definition) is 3. The number of oxime groups is 1. The Morgan fingerprint density at radius 3 is 2.29 bits per heavy atom. The Kier molecular flexibility index (Phi) is 7.79. The van der Waals surface area contributed by atoms with Crippen LogP contribution in [0, 0.1) is 0 Å². The molecule has 0 radical (unpaired) electrons. The van der Waals surface area contributed by atoms with Crippen molar-refractivity contribution in [3.8, 4) is 11.5 Å². The number of carboxylic acid groups (broad SMARTS) is 1. The zero-order valence-corrected chi connectivity index (χ0v) is 19.2. The van der Waals surface area contributed by atoms with Gasteiger partial charge in [0.1, 0.15) is 29.4 Å². The molecule has 0 aliphatic rings. The standard InChI is InChI=1S/C23H29ClN2O5/c1-6-26(7-2)21-17(23(3,4)5)10-14(11-18(21)24)19(25-30)13-31-15-8-9-16(22(28)29)20(27)12-15/h8-12,27,30H,6-7,13H2,1-5H3,(H,28,29)/b25-19+. The average molecular weight is 449 g/mol. The Hall–Kier alpha value is -2.93. The maximum Gasteiger partial charge on any atom is 0.339 e. The summed E-state index contributed by atoms with van der Waals surface area (Å²) >= 11 is 6.67. The molecule has 0 fully saturated rings. The van der Waals surface area contributed by atoms with Gasteiger partial charge in [-0.1, -0.05) is 37.5 Å². The Bertz CT molecular complexity index is 979. The van der Waals surface area contributed by atoms with Crippen LogP contribution in [0.2, 0.25) is 5.02 Å². The average Bonchev–Trinajstić information content (AvgIpc) is 2.69. The van der Waals surface area contributed by atoms with Crippen LogP contribution in [0.5, 0.6) is 11.5 Å². The number of anilines is 1. The molecule has 0 bridgehead atoms. The Morgan fingerprint density at radius 1 is 1.16 bits per heavy atom. The number of carboxylic acids is 1. The van der Waals surface area contributed by atoms with Gasteiger partial charge in [-0.3, -0.25) is 0 Å². The number of phenols is 1. The van der Waals surface area contributed by atoms with Gasteiger partial charge in [0.05, 0.1) is 10.7 Å². The second-order valence-electron chi connectivity index (χ2n) is 8.10. The lowest BCUT2D eigenvalue weighted by Crippen LogP contribution is -2.27. The van der Waals surface area contributed by atoms with E-state index >= 15 is 0 Å². The van der Waals surface area contributed by atoms with Crippen LogP contribution < -0.4 is 9.64 Å². The highest BCUT2D eigenvalue weighted by Gasteiger charge is 2.25. The van der Waals surface area contributed by atoms with Crippen molar-refractivity contribution >= 4 is 29.0 Å². The van der Waals surface area contributed by atoms with Crippen molar-refractivity contribution in [1.29, 1.82) is 0 Å². The van der Waals surface area contributed by atoms with E-state index in [1.165, 1.54) is 18.2 Å². The van der Waals surface area contributed by atoms with Crippen LogP contribution in [0.3, 0.4) is 0 Å². The molecular weight excluding hydrogens is 420 g/mol. The molecule has 0 saturated carbocycles. The van der Waals surface area contributed by atoms with Gasteiger partial charge in [0.25, 0.3) is 0 Å². The molecule has 8 heteroatoms. The van der Waals surface area contributed by atoms with Crippen molar-refractivity contribution in [3.63, 3.8) is 0 Å². The van der Waals surface area contributed by atoms with Crippen LogP contribution in [-0.2, 0) is 5.41 Å². The summed E-state index contributed by atoms with van der Waals surface area (Å²) in [6, 6.07) is 7.57. The normalized spacial score (nSPS) is 12.0. The van der Waals surface area contributed by atoms with Crippen LogP contribution in [0.25, 0.3) is 0 Å². The fraction of sp³-hybridized carbons (Fsp3) is 0.391. The summed E-state index contributed by atoms with van der Waals surface area (Å²) in [5.74, 6) is -1.40. The third-order valence-corrected chi connectivity index (χ3v) is 5.27. The molecule has 0 aliphatic heterocycles. The Labute approximate surface area is 187 Å². The molecule has 0 atom stereocenters. The molecule has 2 aromatic carbocycles. The van der Waals surface area contributed by atoms with Crippen molar-refractivity contribution in [2.24, 2.45) is 5.16 Å². The van der Waals surface area contributed by atoms with E-state index in [1.54, 1.807) is 6.07 Å². The zero-order chi connectivity index (χ0) is 23.3. The summed E-state index contributed by atoms with van der Waals surface area (Å²) in [4.78, 5) is 13.2. The number of rotatable bonds is 8. The number of nitrogens with zero attached hydrogens (tertiary/aromatic N) is 2. The minimum absolute atomic E-state index is 0.104. The zero-order valence-electron chi connectivity index (χ0n) is 18.4. The van der Waals surface area contributed by atoms with E-state index in [1.807, 2.05) is 6.07 Å². The van der Waals surface area contributed by atoms with Crippen molar-refractivity contribution in [1.82, 2.24) is 0 Å². The molecule has 7 nitrogen and oxygen atoms in total. The highest BCUT2D eigenvalue weighted by molar-refractivity contribution is 6.34. The SMILES string of the molecule is CCN(CC)c1c(Cl)cc(/C(COc2ccc(C(=O)O)c(O)c2)=N/O)cc1C(C)(C)C. The lowest BCUT2D eigenvalue weighted by molar-refractivity contribution is 0.0693. The first-order valence-electron chi connectivity index (χ1n) is 10.0. The fourth-order valence-electron chi connectivity index (χ4n) is 3.30. The van der Waals surface area contributed by atoms with Crippen molar-refractivity contribution < 1.29 is 25.0 Å². The smallest absolute Gasteiger partial charge is 0.339 e. The highest BCUT2D eigenvalue weighted by Crippen LogP contribution is 2.39. The molecule has 0 amide bonds. The molecule has 2 rings (SSSR count). The molecular formula is C23H29ClN2O5. The van der Waals surface area contributed by atoms with Gasteiger partial charge in [-0.2, -0.15) is 0 Å². The first-order chi connectivity index (χ1) is 14.5.